The maximum absolute atomic E-state index is 14.5. The van der Waals surface area contributed by atoms with Gasteiger partial charge >= 0.3 is 154 Å². The summed E-state index contributed by atoms with van der Waals surface area (Å²) in [6.07, 6.45) is -17.2. The monoisotopic (exact) mass is 1410 g/mol. The second-order valence-corrected chi connectivity index (χ2v) is 15.7. The van der Waals surface area contributed by atoms with E-state index in [2.05, 4.69) is 0 Å². The Balaban J connectivity index is 4.15. The van der Waals surface area contributed by atoms with Crippen molar-refractivity contribution in [2.45, 2.75) is 154 Å². The Bertz CT molecular complexity index is 2410. The van der Waals surface area contributed by atoms with Crippen LogP contribution in [0.3, 0.4) is 0 Å². The zero-order valence-electron chi connectivity index (χ0n) is 35.7. The quantitative estimate of drug-likeness (QED) is 0.0969. The third-order valence-corrected chi connectivity index (χ3v) is 10.3. The standard InChI is InChI=1S/C28F54N2O/c29-3(30,5(33,34)7(37,38)9(41,42)11(45,46)13(49,50)15(53,54)17(57,58)19(61,62)21(65,66)23(69,70)25(73,74)27(77,78)79)1-83-84-2(85-1)4(31,32)6(35,36)8(39,40)10(43,44)12(47,48)14(51,52)16(55,56)18(59,60)20(63,64)22(67,68)24(71,72)26(75,76)28(80,81)82. The second kappa shape index (κ2) is 18.9. The van der Waals surface area contributed by atoms with Gasteiger partial charge in [0.05, 0.1) is 0 Å². The number of rotatable bonds is 24. The zero-order chi connectivity index (χ0) is 70.3. The highest BCUT2D eigenvalue weighted by molar-refractivity contribution is 5.24. The van der Waals surface area contributed by atoms with E-state index in [-0.39, 0.29) is 0 Å². The van der Waals surface area contributed by atoms with Gasteiger partial charge in [0.15, 0.2) is 0 Å². The van der Waals surface area contributed by atoms with Crippen molar-refractivity contribution in [2.24, 2.45) is 0 Å². The lowest BCUT2D eigenvalue weighted by Crippen LogP contribution is -2.78. The minimum absolute atomic E-state index is 0.484. The molecule has 0 N–H and O–H groups in total. The number of hydrogen-bond donors (Lipinski definition) is 0. The fraction of sp³-hybridized carbons (Fsp3) is 0.929. The Morgan fingerprint density at radius 3 is 0.341 bits per heavy atom. The maximum atomic E-state index is 14.5. The normalized spacial score (nSPS) is 17.3. The van der Waals surface area contributed by atoms with Crippen molar-refractivity contribution in [1.82, 2.24) is 10.2 Å². The first-order valence-electron chi connectivity index (χ1n) is 17.8. The fourth-order valence-electron chi connectivity index (χ4n) is 5.05. The van der Waals surface area contributed by atoms with E-state index in [1.54, 1.807) is 0 Å². The smallest absolute Gasteiger partial charge is 0.413 e. The van der Waals surface area contributed by atoms with Gasteiger partial charge in [-0.25, -0.2) is 0 Å². The lowest BCUT2D eigenvalue weighted by atomic mass is 9.84. The van der Waals surface area contributed by atoms with E-state index in [1.807, 2.05) is 4.42 Å². The summed E-state index contributed by atoms with van der Waals surface area (Å²) in [6, 6.07) is 0. The van der Waals surface area contributed by atoms with Crippen molar-refractivity contribution in [1.29, 1.82) is 0 Å². The van der Waals surface area contributed by atoms with E-state index in [1.165, 1.54) is 0 Å². The van der Waals surface area contributed by atoms with Gasteiger partial charge in [-0.05, 0) is 0 Å². The van der Waals surface area contributed by atoms with E-state index >= 15 is 0 Å². The predicted octanol–water partition coefficient (Wildman–Crippen LogP) is 17.4. The minimum Gasteiger partial charge on any atom is -0.413 e. The Kier molecular flexibility index (Phi) is 17.5. The molecule has 1 rings (SSSR count). The summed E-state index contributed by atoms with van der Waals surface area (Å²) in [5.41, 5.74) is 0. The molecular weight excluding hydrogens is 1410 g/mol. The van der Waals surface area contributed by atoms with E-state index < -0.39 is 166 Å². The first kappa shape index (κ1) is 78.4. The van der Waals surface area contributed by atoms with Gasteiger partial charge in [0.2, 0.25) is 0 Å². The maximum Gasteiger partial charge on any atom is 0.460 e. The van der Waals surface area contributed by atoms with Crippen LogP contribution in [-0.2, 0) is 11.8 Å². The molecule has 0 fully saturated rings. The first-order valence-corrected chi connectivity index (χ1v) is 17.8. The third-order valence-electron chi connectivity index (χ3n) is 10.3. The summed E-state index contributed by atoms with van der Waals surface area (Å²) in [5.74, 6) is -250. The van der Waals surface area contributed by atoms with E-state index in [0.29, 0.717) is 10.2 Å². The molecule has 57 heteroatoms. The molecule has 0 amide bonds. The van der Waals surface area contributed by atoms with E-state index in [9.17, 15) is 237 Å². The van der Waals surface area contributed by atoms with Gasteiger partial charge in [0, 0.05) is 0 Å². The number of hydrogen-bond acceptors (Lipinski definition) is 3. The molecular formula is C28F54N2O. The SMILES string of the molecule is FC(F)(F)C(F)(F)C(F)(F)C(F)(F)C(F)(F)C(F)(F)C(F)(F)C(F)(F)C(F)(F)C(F)(F)C(F)(F)C(F)(F)C(F)(F)c1nnc(C(F)(F)C(F)(F)C(F)(F)C(F)(F)C(F)(F)C(F)(F)C(F)(F)C(F)(F)C(F)(F)C(F)(F)C(F)(F)C(F)(F)C(F)(F)F)o1. The summed E-state index contributed by atoms with van der Waals surface area (Å²) in [6.45, 7) is 0. The highest BCUT2D eigenvalue weighted by Gasteiger charge is 3.03. The molecule has 1 aromatic heterocycles. The van der Waals surface area contributed by atoms with Gasteiger partial charge in [-0.1, -0.05) is 0 Å². The van der Waals surface area contributed by atoms with Crippen LogP contribution >= 0.6 is 0 Å². The van der Waals surface area contributed by atoms with Crippen molar-refractivity contribution in [3.05, 3.63) is 11.8 Å². The van der Waals surface area contributed by atoms with Gasteiger partial charge in [-0.2, -0.15) is 237 Å². The number of alkyl halides is 54. The highest BCUT2D eigenvalue weighted by atomic mass is 19.5. The molecule has 0 aliphatic heterocycles. The van der Waals surface area contributed by atoms with Crippen LogP contribution in [0.2, 0.25) is 0 Å². The lowest BCUT2D eigenvalue weighted by molar-refractivity contribution is -0.485. The molecule has 0 atom stereocenters. The second-order valence-electron chi connectivity index (χ2n) is 15.7. The highest BCUT2D eigenvalue weighted by Crippen LogP contribution is 2.72. The molecule has 0 spiro atoms. The summed E-state index contributed by atoms with van der Waals surface area (Å²) in [7, 11) is 0. The number of aromatic nitrogens is 2. The molecule has 0 unspecified atom stereocenters. The van der Waals surface area contributed by atoms with Gasteiger partial charge in [-0.3, -0.25) is 0 Å². The average molecular weight is 1410 g/mol. The van der Waals surface area contributed by atoms with E-state index in [0.717, 1.165) is 0 Å². The Morgan fingerprint density at radius 1 is 0.141 bits per heavy atom. The molecule has 1 heterocycles. The van der Waals surface area contributed by atoms with Gasteiger partial charge in [-0.15, -0.1) is 10.2 Å². The number of nitrogens with zero attached hydrogens (tertiary/aromatic N) is 2. The third kappa shape index (κ3) is 8.80. The molecule has 0 saturated heterocycles. The van der Waals surface area contributed by atoms with Crippen LogP contribution in [0.25, 0.3) is 0 Å². The summed E-state index contributed by atoms with van der Waals surface area (Å²) >= 11 is 0. The van der Waals surface area contributed by atoms with Gasteiger partial charge in [0.25, 0.3) is 11.8 Å². The molecule has 506 valence electrons. The summed E-state index contributed by atoms with van der Waals surface area (Å²) in [4.78, 5) is 0. The molecule has 85 heavy (non-hydrogen) atoms. The Morgan fingerprint density at radius 2 is 0.235 bits per heavy atom. The van der Waals surface area contributed by atoms with Crippen molar-refractivity contribution in [3.63, 3.8) is 0 Å². The van der Waals surface area contributed by atoms with Gasteiger partial charge < -0.3 is 4.42 Å². The predicted molar refractivity (Wildman–Crippen MR) is 143 cm³/mol. The van der Waals surface area contributed by atoms with Crippen molar-refractivity contribution in [3.8, 4) is 0 Å². The summed E-state index contributed by atoms with van der Waals surface area (Å²) < 4.78 is 744. The topological polar surface area (TPSA) is 38.9 Å². The van der Waals surface area contributed by atoms with Crippen molar-refractivity contribution >= 4 is 0 Å². The molecule has 1 aromatic rings. The number of halogens is 54. The van der Waals surface area contributed by atoms with Crippen LogP contribution < -0.4 is 0 Å². The lowest BCUT2D eigenvalue weighted by Gasteiger charge is -2.46. The Labute approximate surface area is 419 Å². The van der Waals surface area contributed by atoms with Crippen LogP contribution in [0.15, 0.2) is 4.42 Å². The molecule has 0 radical (unpaired) electrons. The van der Waals surface area contributed by atoms with Crippen LogP contribution in [0.5, 0.6) is 0 Å². The molecule has 0 aromatic carbocycles. The van der Waals surface area contributed by atoms with Crippen molar-refractivity contribution < 1.29 is 241 Å². The van der Waals surface area contributed by atoms with E-state index in [4.69, 9.17) is 0 Å². The average Bonchev–Trinajstić information content (AvgIpc) is 3.79. The molecule has 0 aliphatic rings. The van der Waals surface area contributed by atoms with Crippen LogP contribution in [0, 0.1) is 0 Å². The molecule has 0 bridgehead atoms. The van der Waals surface area contributed by atoms with Gasteiger partial charge in [0.1, 0.15) is 0 Å². The van der Waals surface area contributed by atoms with Crippen LogP contribution in [-0.4, -0.2) is 153 Å². The van der Waals surface area contributed by atoms with Crippen LogP contribution in [0.4, 0.5) is 237 Å². The summed E-state index contributed by atoms with van der Waals surface area (Å²) in [5, 5.41) is 0.967. The van der Waals surface area contributed by atoms with Crippen molar-refractivity contribution in [2.75, 3.05) is 0 Å². The molecule has 3 nitrogen and oxygen atoms in total. The Hall–Kier alpha value is -4.64. The molecule has 0 saturated carbocycles. The fourth-order valence-corrected chi connectivity index (χ4v) is 5.05. The van der Waals surface area contributed by atoms with Crippen LogP contribution in [0.1, 0.15) is 11.8 Å². The molecule has 0 aliphatic carbocycles. The first-order chi connectivity index (χ1) is 35.7. The minimum atomic E-state index is -10.5. The largest absolute Gasteiger partial charge is 0.460 e. The zero-order valence-corrected chi connectivity index (χ0v) is 35.7.